The molecule has 27 heavy (non-hydrogen) atoms. The van der Waals surface area contributed by atoms with Gasteiger partial charge in [0.25, 0.3) is 5.91 Å². The Labute approximate surface area is 168 Å². The molecule has 8 heteroatoms. The average Bonchev–Trinajstić information content (AvgIpc) is 3.39. The second-order valence-corrected chi connectivity index (χ2v) is 8.07. The van der Waals surface area contributed by atoms with Crippen molar-refractivity contribution in [3.63, 3.8) is 0 Å². The zero-order valence-electron chi connectivity index (χ0n) is 14.0. The molecule has 0 saturated carbocycles. The first kappa shape index (κ1) is 17.8. The number of nitrogens with zero attached hydrogens (tertiary/aromatic N) is 3. The molecule has 0 spiro atoms. The van der Waals surface area contributed by atoms with Gasteiger partial charge in [-0.05, 0) is 24.3 Å². The second-order valence-electron chi connectivity index (χ2n) is 5.47. The molecule has 4 aromatic rings. The summed E-state index contributed by atoms with van der Waals surface area (Å²) in [6, 6.07) is 13.2. The Kier molecular flexibility index (Phi) is 5.57. The maximum atomic E-state index is 12.8. The first-order chi connectivity index (χ1) is 13.3. The molecule has 0 radical (unpaired) electrons. The van der Waals surface area contributed by atoms with Crippen molar-refractivity contribution in [3.05, 3.63) is 76.2 Å². The van der Waals surface area contributed by atoms with Crippen LogP contribution in [0.4, 0.5) is 5.13 Å². The SMILES string of the molecule is O=C(Nc1nc(-c2ccccn2)cs1)c1ccccc1SCc1cscn1. The van der Waals surface area contributed by atoms with E-state index in [0.29, 0.717) is 10.7 Å². The van der Waals surface area contributed by atoms with E-state index in [9.17, 15) is 4.79 Å². The fraction of sp³-hybridized carbons (Fsp3) is 0.0526. The summed E-state index contributed by atoms with van der Waals surface area (Å²) in [6.45, 7) is 0. The lowest BCUT2D eigenvalue weighted by atomic mass is 10.2. The second kappa shape index (κ2) is 8.43. The van der Waals surface area contributed by atoms with Crippen LogP contribution in [0, 0.1) is 0 Å². The number of rotatable bonds is 6. The van der Waals surface area contributed by atoms with Crippen LogP contribution in [0.3, 0.4) is 0 Å². The average molecular weight is 411 g/mol. The number of hydrogen-bond donors (Lipinski definition) is 1. The van der Waals surface area contributed by atoms with Crippen LogP contribution in [-0.2, 0) is 5.75 Å². The number of benzene rings is 1. The molecule has 1 aromatic carbocycles. The molecule has 0 fully saturated rings. The summed E-state index contributed by atoms with van der Waals surface area (Å²) in [6.07, 6.45) is 1.72. The third kappa shape index (κ3) is 4.41. The Morgan fingerprint density at radius 1 is 1.04 bits per heavy atom. The third-order valence-electron chi connectivity index (χ3n) is 3.64. The zero-order chi connectivity index (χ0) is 18.5. The summed E-state index contributed by atoms with van der Waals surface area (Å²) in [5.41, 5.74) is 5.00. The molecule has 0 saturated heterocycles. The van der Waals surface area contributed by atoms with Gasteiger partial charge >= 0.3 is 0 Å². The van der Waals surface area contributed by atoms with Crippen LogP contribution in [0.2, 0.25) is 0 Å². The summed E-state index contributed by atoms with van der Waals surface area (Å²) in [5, 5.41) is 7.36. The molecule has 1 amide bonds. The van der Waals surface area contributed by atoms with Gasteiger partial charge in [-0.2, -0.15) is 0 Å². The van der Waals surface area contributed by atoms with Crippen molar-refractivity contribution in [3.8, 4) is 11.4 Å². The Bertz CT molecular complexity index is 1030. The monoisotopic (exact) mass is 410 g/mol. The van der Waals surface area contributed by atoms with E-state index in [1.165, 1.54) is 11.3 Å². The van der Waals surface area contributed by atoms with Gasteiger partial charge in [0.15, 0.2) is 5.13 Å². The van der Waals surface area contributed by atoms with E-state index in [1.807, 2.05) is 58.7 Å². The summed E-state index contributed by atoms with van der Waals surface area (Å²) >= 11 is 4.56. The Morgan fingerprint density at radius 2 is 1.93 bits per heavy atom. The normalized spacial score (nSPS) is 10.7. The topological polar surface area (TPSA) is 67.8 Å². The maximum Gasteiger partial charge on any atom is 0.258 e. The minimum atomic E-state index is -0.168. The van der Waals surface area contributed by atoms with Crippen molar-refractivity contribution in [2.45, 2.75) is 10.6 Å². The molecule has 3 aromatic heterocycles. The van der Waals surface area contributed by atoms with Crippen molar-refractivity contribution in [2.24, 2.45) is 0 Å². The zero-order valence-corrected chi connectivity index (χ0v) is 16.5. The summed E-state index contributed by atoms with van der Waals surface area (Å²) < 4.78 is 0. The maximum absolute atomic E-state index is 12.8. The van der Waals surface area contributed by atoms with Crippen LogP contribution in [0.15, 0.2) is 69.8 Å². The number of hydrogen-bond acceptors (Lipinski definition) is 7. The standard InChI is InChI=1S/C19H14N4OS3/c24-18(23-19-22-16(11-27-19)15-6-3-4-8-20-15)14-5-1-2-7-17(14)26-10-13-9-25-12-21-13/h1-9,11-12H,10H2,(H,22,23,24). The van der Waals surface area contributed by atoms with E-state index in [0.717, 1.165) is 27.7 Å². The van der Waals surface area contributed by atoms with E-state index in [-0.39, 0.29) is 5.91 Å². The van der Waals surface area contributed by atoms with Crippen LogP contribution in [-0.4, -0.2) is 20.9 Å². The highest BCUT2D eigenvalue weighted by Crippen LogP contribution is 2.28. The van der Waals surface area contributed by atoms with Gasteiger partial charge in [0.05, 0.1) is 22.5 Å². The van der Waals surface area contributed by atoms with E-state index in [1.54, 1.807) is 29.3 Å². The molecule has 0 aliphatic heterocycles. The van der Waals surface area contributed by atoms with Gasteiger partial charge in [-0.3, -0.25) is 15.1 Å². The first-order valence-corrected chi connectivity index (χ1v) is 10.9. The van der Waals surface area contributed by atoms with Gasteiger partial charge in [0, 0.05) is 27.6 Å². The lowest BCUT2D eigenvalue weighted by molar-refractivity contribution is 0.102. The van der Waals surface area contributed by atoms with E-state index >= 15 is 0 Å². The van der Waals surface area contributed by atoms with Crippen molar-refractivity contribution in [1.29, 1.82) is 0 Å². The summed E-state index contributed by atoms with van der Waals surface area (Å²) in [4.78, 5) is 26.7. The molecular weight excluding hydrogens is 396 g/mol. The number of pyridine rings is 1. The van der Waals surface area contributed by atoms with Crippen molar-refractivity contribution in [1.82, 2.24) is 15.0 Å². The highest BCUT2D eigenvalue weighted by atomic mass is 32.2. The van der Waals surface area contributed by atoms with Gasteiger partial charge < -0.3 is 0 Å². The third-order valence-corrected chi connectivity index (χ3v) is 6.14. The van der Waals surface area contributed by atoms with Crippen LogP contribution < -0.4 is 5.32 Å². The fourth-order valence-corrected chi connectivity index (χ4v) is 4.68. The van der Waals surface area contributed by atoms with Gasteiger partial charge in [-0.1, -0.05) is 18.2 Å². The molecule has 5 nitrogen and oxygen atoms in total. The minimum Gasteiger partial charge on any atom is -0.298 e. The number of thioether (sulfide) groups is 1. The number of thiazole rings is 2. The molecule has 1 N–H and O–H groups in total. The Balaban J connectivity index is 1.48. The molecule has 0 atom stereocenters. The minimum absolute atomic E-state index is 0.168. The molecule has 0 aliphatic rings. The number of carbonyl (C=O) groups excluding carboxylic acids is 1. The largest absolute Gasteiger partial charge is 0.298 e. The lowest BCUT2D eigenvalue weighted by Crippen LogP contribution is -2.12. The number of carbonyl (C=O) groups is 1. The quantitative estimate of drug-likeness (QED) is 0.442. The predicted molar refractivity (Wildman–Crippen MR) is 111 cm³/mol. The molecule has 0 aliphatic carbocycles. The van der Waals surface area contributed by atoms with Crippen molar-refractivity contribution < 1.29 is 4.79 Å². The van der Waals surface area contributed by atoms with Gasteiger partial charge in [-0.25, -0.2) is 9.97 Å². The number of amides is 1. The van der Waals surface area contributed by atoms with Crippen molar-refractivity contribution in [2.75, 3.05) is 5.32 Å². The molecule has 3 heterocycles. The van der Waals surface area contributed by atoms with E-state index < -0.39 is 0 Å². The Hall–Kier alpha value is -2.55. The van der Waals surface area contributed by atoms with E-state index in [4.69, 9.17) is 0 Å². The summed E-state index contributed by atoms with van der Waals surface area (Å²) in [7, 11) is 0. The number of aromatic nitrogens is 3. The smallest absolute Gasteiger partial charge is 0.258 e. The predicted octanol–water partition coefficient (Wildman–Crippen LogP) is 5.21. The van der Waals surface area contributed by atoms with E-state index in [2.05, 4.69) is 20.3 Å². The molecule has 134 valence electrons. The molecular formula is C19H14N4OS3. The fourth-order valence-electron chi connectivity index (χ4n) is 2.37. The van der Waals surface area contributed by atoms with Crippen LogP contribution in [0.5, 0.6) is 0 Å². The number of nitrogens with one attached hydrogen (secondary N) is 1. The molecule has 0 bridgehead atoms. The van der Waals surface area contributed by atoms with Gasteiger partial charge in [0.2, 0.25) is 0 Å². The van der Waals surface area contributed by atoms with Gasteiger partial charge in [-0.15, -0.1) is 34.4 Å². The number of anilines is 1. The molecule has 0 unspecified atom stereocenters. The van der Waals surface area contributed by atoms with Crippen LogP contribution in [0.1, 0.15) is 16.1 Å². The highest BCUT2D eigenvalue weighted by Gasteiger charge is 2.14. The van der Waals surface area contributed by atoms with Gasteiger partial charge in [0.1, 0.15) is 5.69 Å². The first-order valence-electron chi connectivity index (χ1n) is 8.07. The Morgan fingerprint density at radius 3 is 2.74 bits per heavy atom. The highest BCUT2D eigenvalue weighted by molar-refractivity contribution is 7.98. The summed E-state index contributed by atoms with van der Waals surface area (Å²) in [5.74, 6) is 0.563. The molecule has 4 rings (SSSR count). The van der Waals surface area contributed by atoms with Crippen LogP contribution in [0.25, 0.3) is 11.4 Å². The van der Waals surface area contributed by atoms with Crippen molar-refractivity contribution >= 4 is 45.5 Å². The van der Waals surface area contributed by atoms with Crippen LogP contribution >= 0.6 is 34.4 Å². The lowest BCUT2D eigenvalue weighted by Gasteiger charge is -2.08.